The van der Waals surface area contributed by atoms with E-state index in [2.05, 4.69) is 0 Å². The van der Waals surface area contributed by atoms with Crippen molar-refractivity contribution in [2.75, 3.05) is 6.54 Å². The molecule has 0 amide bonds. The summed E-state index contributed by atoms with van der Waals surface area (Å²) in [5.74, 6) is -0.439. The molecule has 19 heavy (non-hydrogen) atoms. The number of thiophene rings is 1. The third-order valence-electron chi connectivity index (χ3n) is 2.62. The van der Waals surface area contributed by atoms with E-state index in [1.165, 1.54) is 12.1 Å². The van der Waals surface area contributed by atoms with Gasteiger partial charge in [-0.3, -0.25) is 0 Å². The Labute approximate surface area is 115 Å². The second kappa shape index (κ2) is 5.83. The number of aryl methyl sites for hydroxylation is 1. The molecule has 1 aromatic carbocycles. The van der Waals surface area contributed by atoms with Gasteiger partial charge in [-0.05, 0) is 37.3 Å². The van der Waals surface area contributed by atoms with Crippen LogP contribution in [0.25, 0.3) is 0 Å². The molecule has 3 nitrogen and oxygen atoms in total. The number of ether oxygens (including phenoxy) is 1. The lowest BCUT2D eigenvalue weighted by Crippen LogP contribution is -2.17. The predicted octanol–water partition coefficient (Wildman–Crippen LogP) is 3.15. The van der Waals surface area contributed by atoms with Crippen molar-refractivity contribution >= 4 is 11.3 Å². The number of hydrogen-bond acceptors (Lipinski definition) is 4. The van der Waals surface area contributed by atoms with Crippen molar-refractivity contribution in [3.05, 3.63) is 51.5 Å². The summed E-state index contributed by atoms with van der Waals surface area (Å²) in [5, 5.41) is 8.69. The fourth-order valence-corrected chi connectivity index (χ4v) is 2.59. The van der Waals surface area contributed by atoms with Crippen LogP contribution in [0.5, 0.6) is 5.75 Å². The molecule has 2 rings (SSSR count). The van der Waals surface area contributed by atoms with Crippen LogP contribution in [-0.4, -0.2) is 6.54 Å². The lowest BCUT2D eigenvalue weighted by Gasteiger charge is -2.16. The summed E-state index contributed by atoms with van der Waals surface area (Å²) in [4.78, 5) is 2.11. The minimum atomic E-state index is -0.550. The minimum Gasteiger partial charge on any atom is -0.480 e. The highest BCUT2D eigenvalue weighted by Gasteiger charge is 2.16. The van der Waals surface area contributed by atoms with Gasteiger partial charge in [-0.1, -0.05) is 0 Å². The molecule has 0 saturated heterocycles. The standard InChI is InChI=1S/C14H13FN2OS/c1-9-2-5-14(19-9)13(8-17)18-12-4-3-10(7-16)6-11(12)15/h2-6,13H,8,17H2,1H3. The lowest BCUT2D eigenvalue weighted by molar-refractivity contribution is 0.208. The summed E-state index contributed by atoms with van der Waals surface area (Å²) >= 11 is 1.57. The molecule has 2 aromatic rings. The van der Waals surface area contributed by atoms with E-state index >= 15 is 0 Å². The van der Waals surface area contributed by atoms with Crippen molar-refractivity contribution in [2.45, 2.75) is 13.0 Å². The Hall–Kier alpha value is -1.90. The van der Waals surface area contributed by atoms with E-state index in [0.717, 1.165) is 15.8 Å². The second-order valence-corrected chi connectivity index (χ2v) is 5.37. The fraction of sp³-hybridized carbons (Fsp3) is 0.214. The summed E-state index contributed by atoms with van der Waals surface area (Å²) in [6, 6.07) is 9.91. The number of benzene rings is 1. The molecule has 1 aromatic heterocycles. The Morgan fingerprint density at radius 1 is 1.42 bits per heavy atom. The first-order valence-corrected chi connectivity index (χ1v) is 6.58. The van der Waals surface area contributed by atoms with Crippen LogP contribution in [0.1, 0.15) is 21.4 Å². The zero-order valence-corrected chi connectivity index (χ0v) is 11.2. The van der Waals surface area contributed by atoms with Gasteiger partial charge in [-0.15, -0.1) is 11.3 Å². The monoisotopic (exact) mass is 276 g/mol. The van der Waals surface area contributed by atoms with E-state index in [4.69, 9.17) is 15.7 Å². The quantitative estimate of drug-likeness (QED) is 0.933. The van der Waals surface area contributed by atoms with Gasteiger partial charge in [-0.25, -0.2) is 4.39 Å². The van der Waals surface area contributed by atoms with E-state index in [0.29, 0.717) is 0 Å². The van der Waals surface area contributed by atoms with Crippen LogP contribution >= 0.6 is 11.3 Å². The molecule has 2 N–H and O–H groups in total. The van der Waals surface area contributed by atoms with E-state index in [1.807, 2.05) is 25.1 Å². The molecule has 98 valence electrons. The van der Waals surface area contributed by atoms with Crippen LogP contribution < -0.4 is 10.5 Å². The number of nitriles is 1. The molecule has 0 aliphatic carbocycles. The van der Waals surface area contributed by atoms with Crippen molar-refractivity contribution in [1.82, 2.24) is 0 Å². The molecule has 0 fully saturated rings. The Morgan fingerprint density at radius 2 is 2.21 bits per heavy atom. The van der Waals surface area contributed by atoms with Gasteiger partial charge in [0.25, 0.3) is 0 Å². The molecule has 0 radical (unpaired) electrons. The van der Waals surface area contributed by atoms with Gasteiger partial charge in [0.1, 0.15) is 6.10 Å². The largest absolute Gasteiger partial charge is 0.480 e. The second-order valence-electron chi connectivity index (χ2n) is 4.05. The maximum atomic E-state index is 13.7. The zero-order valence-electron chi connectivity index (χ0n) is 10.4. The first-order chi connectivity index (χ1) is 9.13. The van der Waals surface area contributed by atoms with Gasteiger partial charge in [0.05, 0.1) is 11.6 Å². The molecule has 0 aliphatic heterocycles. The van der Waals surface area contributed by atoms with Crippen LogP contribution in [0.3, 0.4) is 0 Å². The lowest BCUT2D eigenvalue weighted by atomic mass is 10.2. The van der Waals surface area contributed by atoms with Crippen molar-refractivity contribution < 1.29 is 9.13 Å². The van der Waals surface area contributed by atoms with Gasteiger partial charge < -0.3 is 10.5 Å². The molecular formula is C14H13FN2OS. The van der Waals surface area contributed by atoms with Gasteiger partial charge in [0.2, 0.25) is 0 Å². The Bertz CT molecular complexity index is 618. The van der Waals surface area contributed by atoms with E-state index in [-0.39, 0.29) is 24.0 Å². The van der Waals surface area contributed by atoms with Crippen LogP contribution in [-0.2, 0) is 0 Å². The highest BCUT2D eigenvalue weighted by atomic mass is 32.1. The zero-order chi connectivity index (χ0) is 13.8. The summed E-state index contributed by atoms with van der Waals surface area (Å²) < 4.78 is 19.3. The van der Waals surface area contributed by atoms with Crippen molar-refractivity contribution in [3.8, 4) is 11.8 Å². The van der Waals surface area contributed by atoms with Gasteiger partial charge in [-0.2, -0.15) is 5.26 Å². The van der Waals surface area contributed by atoms with Gasteiger partial charge in [0.15, 0.2) is 11.6 Å². The summed E-state index contributed by atoms with van der Waals surface area (Å²) in [6.07, 6.45) is -0.374. The topological polar surface area (TPSA) is 59.0 Å². The summed E-state index contributed by atoms with van der Waals surface area (Å²) in [5.41, 5.74) is 5.94. The first-order valence-electron chi connectivity index (χ1n) is 5.76. The van der Waals surface area contributed by atoms with Crippen LogP contribution in [0.15, 0.2) is 30.3 Å². The number of hydrogen-bond donors (Lipinski definition) is 1. The third kappa shape index (κ3) is 3.11. The van der Waals surface area contributed by atoms with Crippen molar-refractivity contribution in [1.29, 1.82) is 5.26 Å². The average Bonchev–Trinajstić information content (AvgIpc) is 2.83. The minimum absolute atomic E-state index is 0.112. The van der Waals surface area contributed by atoms with Gasteiger partial charge in [0, 0.05) is 16.3 Å². The molecule has 1 heterocycles. The molecular weight excluding hydrogens is 263 g/mol. The average molecular weight is 276 g/mol. The van der Waals surface area contributed by atoms with E-state index in [1.54, 1.807) is 11.3 Å². The Balaban J connectivity index is 2.21. The van der Waals surface area contributed by atoms with Crippen LogP contribution in [0.2, 0.25) is 0 Å². The Morgan fingerprint density at radius 3 is 2.74 bits per heavy atom. The van der Waals surface area contributed by atoms with Crippen LogP contribution in [0.4, 0.5) is 4.39 Å². The summed E-state index contributed by atoms with van der Waals surface area (Å²) in [7, 11) is 0. The molecule has 0 spiro atoms. The predicted molar refractivity (Wildman–Crippen MR) is 72.6 cm³/mol. The van der Waals surface area contributed by atoms with E-state index < -0.39 is 5.82 Å². The molecule has 1 atom stereocenters. The van der Waals surface area contributed by atoms with Crippen LogP contribution in [0, 0.1) is 24.1 Å². The smallest absolute Gasteiger partial charge is 0.166 e. The van der Waals surface area contributed by atoms with Crippen molar-refractivity contribution in [2.24, 2.45) is 5.73 Å². The van der Waals surface area contributed by atoms with Gasteiger partial charge >= 0.3 is 0 Å². The number of nitrogens with zero attached hydrogens (tertiary/aromatic N) is 1. The fourth-order valence-electron chi connectivity index (χ4n) is 1.67. The molecule has 5 heteroatoms. The number of halogens is 1. The SMILES string of the molecule is Cc1ccc(C(CN)Oc2ccc(C#N)cc2F)s1. The number of nitrogens with two attached hydrogens (primary N) is 1. The normalized spacial score (nSPS) is 11.9. The molecule has 0 bridgehead atoms. The molecule has 0 aliphatic rings. The first kappa shape index (κ1) is 13.5. The summed E-state index contributed by atoms with van der Waals surface area (Å²) in [6.45, 7) is 2.25. The third-order valence-corrected chi connectivity index (χ3v) is 3.72. The highest BCUT2D eigenvalue weighted by molar-refractivity contribution is 7.12. The highest BCUT2D eigenvalue weighted by Crippen LogP contribution is 2.28. The molecule has 1 unspecified atom stereocenters. The maximum absolute atomic E-state index is 13.7. The maximum Gasteiger partial charge on any atom is 0.166 e. The van der Waals surface area contributed by atoms with E-state index in [9.17, 15) is 4.39 Å². The Kier molecular flexibility index (Phi) is 4.15. The molecule has 0 saturated carbocycles. The van der Waals surface area contributed by atoms with Crippen molar-refractivity contribution in [3.63, 3.8) is 0 Å². The number of rotatable bonds is 4.